The van der Waals surface area contributed by atoms with E-state index in [2.05, 4.69) is 29.9 Å². The minimum atomic E-state index is -0.358. The lowest BCUT2D eigenvalue weighted by molar-refractivity contribution is 0.0600. The summed E-state index contributed by atoms with van der Waals surface area (Å²) in [5, 5.41) is 4.06. The van der Waals surface area contributed by atoms with Crippen molar-refractivity contribution in [1.82, 2.24) is 9.88 Å². The van der Waals surface area contributed by atoms with Crippen LogP contribution in [0.2, 0.25) is 0 Å². The van der Waals surface area contributed by atoms with E-state index in [1.54, 1.807) is 18.6 Å². The number of amides is 1. The molecule has 0 radical (unpaired) electrons. The maximum Gasteiger partial charge on any atom is 0.337 e. The zero-order valence-corrected chi connectivity index (χ0v) is 19.8. The van der Waals surface area contributed by atoms with Crippen LogP contribution in [-0.2, 0) is 11.3 Å². The van der Waals surface area contributed by atoms with Crippen molar-refractivity contribution in [2.24, 2.45) is 0 Å². The summed E-state index contributed by atoms with van der Waals surface area (Å²) in [7, 11) is 1.38. The van der Waals surface area contributed by atoms with Gasteiger partial charge >= 0.3 is 5.97 Å². The van der Waals surface area contributed by atoms with E-state index in [0.29, 0.717) is 23.6 Å². The molecule has 0 fully saturated rings. The summed E-state index contributed by atoms with van der Waals surface area (Å²) >= 11 is 0. The molecule has 0 unspecified atom stereocenters. The number of unbranched alkanes of at least 4 members (excludes halogenated alkanes) is 1. The third-order valence-corrected chi connectivity index (χ3v) is 6.09. The third-order valence-electron chi connectivity index (χ3n) is 6.09. The van der Waals surface area contributed by atoms with Crippen molar-refractivity contribution in [2.75, 3.05) is 13.7 Å². The van der Waals surface area contributed by atoms with E-state index >= 15 is 0 Å². The topological polar surface area (TPSA) is 73.5 Å². The fourth-order valence-electron chi connectivity index (χ4n) is 4.10. The summed E-state index contributed by atoms with van der Waals surface area (Å²) < 4.78 is 12.3. The molecule has 0 bridgehead atoms. The molecule has 0 saturated heterocycles. The lowest BCUT2D eigenvalue weighted by Crippen LogP contribution is -2.24. The van der Waals surface area contributed by atoms with Gasteiger partial charge in [0.15, 0.2) is 0 Å². The average molecular weight is 459 g/mol. The molecule has 0 saturated carbocycles. The molecule has 1 amide bonds. The van der Waals surface area contributed by atoms with Gasteiger partial charge in [0.05, 0.1) is 25.2 Å². The van der Waals surface area contributed by atoms with Crippen molar-refractivity contribution in [2.45, 2.75) is 39.2 Å². The number of ether oxygens (including phenoxy) is 1. The van der Waals surface area contributed by atoms with E-state index in [4.69, 9.17) is 9.15 Å². The van der Waals surface area contributed by atoms with Gasteiger partial charge in [-0.1, -0.05) is 32.0 Å². The van der Waals surface area contributed by atoms with Crippen molar-refractivity contribution in [3.63, 3.8) is 0 Å². The van der Waals surface area contributed by atoms with Gasteiger partial charge in [-0.3, -0.25) is 4.79 Å². The van der Waals surface area contributed by atoms with Crippen molar-refractivity contribution in [1.29, 1.82) is 0 Å². The van der Waals surface area contributed by atoms with Crippen LogP contribution in [0.5, 0.6) is 0 Å². The lowest BCUT2D eigenvalue weighted by atomic mass is 10.0. The van der Waals surface area contributed by atoms with Crippen LogP contribution in [-0.4, -0.2) is 30.1 Å². The SMILES string of the molecule is COC(=O)c1ccc2c(-c3ccoc3)cn(CCCCNC(=O)c3ccc(C(C)C)cc3)c2c1. The highest BCUT2D eigenvalue weighted by Gasteiger charge is 2.14. The molecular formula is C28H30N2O4. The van der Waals surface area contributed by atoms with Gasteiger partial charge in [-0.2, -0.15) is 0 Å². The predicted molar refractivity (Wildman–Crippen MR) is 133 cm³/mol. The fourth-order valence-corrected chi connectivity index (χ4v) is 4.10. The second-order valence-corrected chi connectivity index (χ2v) is 8.71. The molecule has 0 aliphatic carbocycles. The number of aryl methyl sites for hydroxylation is 1. The number of nitrogens with zero attached hydrogens (tertiary/aromatic N) is 1. The molecule has 0 atom stereocenters. The molecular weight excluding hydrogens is 428 g/mol. The van der Waals surface area contributed by atoms with Crippen LogP contribution in [0.15, 0.2) is 71.7 Å². The number of furan rings is 1. The van der Waals surface area contributed by atoms with Crippen LogP contribution in [0.25, 0.3) is 22.0 Å². The number of methoxy groups -OCH3 is 1. The highest BCUT2D eigenvalue weighted by atomic mass is 16.5. The van der Waals surface area contributed by atoms with Crippen LogP contribution < -0.4 is 5.32 Å². The third kappa shape index (κ3) is 5.06. The molecule has 2 aromatic heterocycles. The molecule has 0 spiro atoms. The Bertz CT molecular complexity index is 1270. The maximum absolute atomic E-state index is 12.4. The molecule has 6 nitrogen and oxygen atoms in total. The molecule has 2 aromatic carbocycles. The zero-order valence-electron chi connectivity index (χ0n) is 19.8. The number of benzene rings is 2. The molecule has 0 aliphatic heterocycles. The molecule has 176 valence electrons. The Balaban J connectivity index is 1.40. The minimum Gasteiger partial charge on any atom is -0.472 e. The Morgan fingerprint density at radius 1 is 1.03 bits per heavy atom. The second kappa shape index (κ2) is 10.4. The Morgan fingerprint density at radius 3 is 2.47 bits per heavy atom. The van der Waals surface area contributed by atoms with Gasteiger partial charge < -0.3 is 19.0 Å². The molecule has 4 aromatic rings. The number of nitrogens with one attached hydrogen (secondary N) is 1. The standard InChI is InChI=1S/C28H30N2O4/c1-19(2)20-6-8-21(9-7-20)27(31)29-13-4-5-14-30-17-25(23-12-15-34-18-23)24-11-10-22(16-26(24)30)28(32)33-3/h6-12,15-19H,4-5,13-14H2,1-3H3,(H,29,31). The van der Waals surface area contributed by atoms with Crippen LogP contribution >= 0.6 is 0 Å². The smallest absolute Gasteiger partial charge is 0.337 e. The Kier molecular flexibility index (Phi) is 7.16. The van der Waals surface area contributed by atoms with Crippen molar-refractivity contribution in [3.05, 3.63) is 83.9 Å². The number of rotatable bonds is 9. The molecule has 0 aliphatic rings. The lowest BCUT2D eigenvalue weighted by Gasteiger charge is -2.09. The summed E-state index contributed by atoms with van der Waals surface area (Å²) in [6.45, 7) is 5.64. The van der Waals surface area contributed by atoms with E-state index in [-0.39, 0.29) is 11.9 Å². The van der Waals surface area contributed by atoms with Crippen molar-refractivity contribution >= 4 is 22.8 Å². The Morgan fingerprint density at radius 2 is 1.79 bits per heavy atom. The molecule has 2 heterocycles. The molecule has 1 N–H and O–H groups in total. The number of fused-ring (bicyclic) bond motifs is 1. The van der Waals surface area contributed by atoms with Gasteiger partial charge in [0.1, 0.15) is 0 Å². The Labute approximate surface area is 199 Å². The number of hydrogen-bond acceptors (Lipinski definition) is 4. The first kappa shape index (κ1) is 23.4. The van der Waals surface area contributed by atoms with Crippen LogP contribution in [0.1, 0.15) is 58.9 Å². The fraction of sp³-hybridized carbons (Fsp3) is 0.286. The van der Waals surface area contributed by atoms with E-state index in [9.17, 15) is 9.59 Å². The van der Waals surface area contributed by atoms with Gasteiger partial charge in [-0.15, -0.1) is 0 Å². The number of esters is 1. The maximum atomic E-state index is 12.4. The first-order valence-corrected chi connectivity index (χ1v) is 11.6. The highest BCUT2D eigenvalue weighted by molar-refractivity contribution is 6.00. The summed E-state index contributed by atoms with van der Waals surface area (Å²) in [4.78, 5) is 24.5. The predicted octanol–water partition coefficient (Wildman–Crippen LogP) is 6.02. The van der Waals surface area contributed by atoms with Crippen molar-refractivity contribution < 1.29 is 18.7 Å². The number of hydrogen-bond donors (Lipinski definition) is 1. The summed E-state index contributed by atoms with van der Waals surface area (Å²) in [6, 6.07) is 15.3. The average Bonchev–Trinajstić information content (AvgIpc) is 3.51. The van der Waals surface area contributed by atoms with Gasteiger partial charge in [0.2, 0.25) is 0 Å². The monoisotopic (exact) mass is 458 g/mol. The highest BCUT2D eigenvalue weighted by Crippen LogP contribution is 2.32. The zero-order chi connectivity index (χ0) is 24.1. The van der Waals surface area contributed by atoms with Crippen molar-refractivity contribution in [3.8, 4) is 11.1 Å². The Hall–Kier alpha value is -3.80. The van der Waals surface area contributed by atoms with Crippen LogP contribution in [0, 0.1) is 0 Å². The number of aromatic nitrogens is 1. The van der Waals surface area contributed by atoms with E-state index in [1.165, 1.54) is 12.7 Å². The van der Waals surface area contributed by atoms with Crippen LogP contribution in [0.4, 0.5) is 0 Å². The molecule has 4 rings (SSSR count). The first-order valence-electron chi connectivity index (χ1n) is 11.6. The molecule has 34 heavy (non-hydrogen) atoms. The minimum absolute atomic E-state index is 0.0494. The van der Waals surface area contributed by atoms with E-state index < -0.39 is 0 Å². The van der Waals surface area contributed by atoms with E-state index in [0.717, 1.165) is 41.4 Å². The normalized spacial score (nSPS) is 11.2. The van der Waals surface area contributed by atoms with Gasteiger partial charge in [-0.05, 0) is 54.7 Å². The number of carbonyl (C=O) groups is 2. The van der Waals surface area contributed by atoms with Gasteiger partial charge in [0, 0.05) is 46.9 Å². The summed E-state index contributed by atoms with van der Waals surface area (Å²) in [5.41, 5.74) is 5.43. The first-order chi connectivity index (χ1) is 16.5. The van der Waals surface area contributed by atoms with Gasteiger partial charge in [-0.25, -0.2) is 4.79 Å². The number of carbonyl (C=O) groups excluding carboxylic acids is 2. The second-order valence-electron chi connectivity index (χ2n) is 8.71. The van der Waals surface area contributed by atoms with E-state index in [1.807, 2.05) is 42.5 Å². The summed E-state index contributed by atoms with van der Waals surface area (Å²) in [6.07, 6.45) is 7.18. The quantitative estimate of drug-likeness (QED) is 0.246. The summed E-state index contributed by atoms with van der Waals surface area (Å²) in [5.74, 6) is 0.0370. The molecule has 6 heteroatoms. The van der Waals surface area contributed by atoms with Gasteiger partial charge in [0.25, 0.3) is 5.91 Å². The largest absolute Gasteiger partial charge is 0.472 e. The van der Waals surface area contributed by atoms with Crippen LogP contribution in [0.3, 0.4) is 0 Å².